The van der Waals surface area contributed by atoms with Gasteiger partial charge in [-0.15, -0.1) is 12.4 Å². The average molecular weight is 253 g/mol. The molecule has 1 unspecified atom stereocenters. The van der Waals surface area contributed by atoms with Crippen LogP contribution < -0.4 is 28.7 Å². The van der Waals surface area contributed by atoms with E-state index in [1.165, 1.54) is 0 Å². The molecule has 0 aliphatic rings. The van der Waals surface area contributed by atoms with Crippen molar-refractivity contribution in [1.82, 2.24) is 0 Å². The second-order valence-electron chi connectivity index (χ2n) is 3.61. The normalized spacial score (nSPS) is 14.6. The molecule has 0 heterocycles. The van der Waals surface area contributed by atoms with Crippen molar-refractivity contribution < 1.29 is 0 Å². The summed E-state index contributed by atoms with van der Waals surface area (Å²) < 4.78 is 0. The van der Waals surface area contributed by atoms with Crippen molar-refractivity contribution in [3.8, 4) is 0 Å². The molecular formula is C7H21ClN8. The molecule has 0 fully saturated rings. The molecule has 0 rings (SSSR count). The van der Waals surface area contributed by atoms with Gasteiger partial charge in [0.15, 0.2) is 11.6 Å². The predicted molar refractivity (Wildman–Crippen MR) is 65.7 cm³/mol. The van der Waals surface area contributed by atoms with E-state index in [4.69, 9.17) is 34.1 Å². The van der Waals surface area contributed by atoms with E-state index in [1.54, 1.807) is 13.8 Å². The summed E-state index contributed by atoms with van der Waals surface area (Å²) >= 11 is 0. The van der Waals surface area contributed by atoms with E-state index in [2.05, 4.69) is 10.2 Å². The lowest BCUT2D eigenvalue weighted by atomic mass is 10.0. The average Bonchev–Trinajstić information content (AvgIpc) is 2.14. The third-order valence-corrected chi connectivity index (χ3v) is 2.14. The highest BCUT2D eigenvalue weighted by molar-refractivity contribution is 5.85. The molecule has 0 amide bonds. The number of nitrogens with one attached hydrogen (secondary N) is 1. The van der Waals surface area contributed by atoms with E-state index in [0.717, 1.165) is 0 Å². The quantitative estimate of drug-likeness (QED) is 0.158. The minimum atomic E-state index is -1.56. The fraction of sp³-hybridized carbons (Fsp3) is 0.857. The number of hydrogen-bond acceptors (Lipinski definition) is 7. The Labute approximate surface area is 101 Å². The molecule has 0 aliphatic carbocycles. The molecule has 0 aromatic rings. The SMILES string of the molecule is CCC(N)(N)/N=N/C(N)(N)C(C)C(=N)N.Cl. The minimum absolute atomic E-state index is 0. The van der Waals surface area contributed by atoms with Gasteiger partial charge in [0.1, 0.15) is 0 Å². The largest absolute Gasteiger partial charge is 0.387 e. The zero-order valence-electron chi connectivity index (χ0n) is 9.47. The van der Waals surface area contributed by atoms with Crippen LogP contribution in [0.4, 0.5) is 0 Å². The Kier molecular flexibility index (Phi) is 6.67. The summed E-state index contributed by atoms with van der Waals surface area (Å²) in [5, 5.41) is 14.4. The van der Waals surface area contributed by atoms with E-state index in [-0.39, 0.29) is 18.2 Å². The maximum atomic E-state index is 7.19. The van der Waals surface area contributed by atoms with Crippen LogP contribution in [0.2, 0.25) is 0 Å². The summed E-state index contributed by atoms with van der Waals surface area (Å²) in [6, 6.07) is 0. The molecule has 1 atom stereocenters. The standard InChI is InChI=1S/C7H20N8.ClH/c1-3-6(10,11)14-15-7(12,13)4(2)5(8)9;/h4H,3,10-13H2,1-2H3,(H3,8,9);1H/b15-14+;. The van der Waals surface area contributed by atoms with Crippen molar-refractivity contribution in [2.45, 2.75) is 31.8 Å². The van der Waals surface area contributed by atoms with Gasteiger partial charge in [-0.3, -0.25) is 28.3 Å². The fourth-order valence-electron chi connectivity index (χ4n) is 0.586. The van der Waals surface area contributed by atoms with Crippen LogP contribution in [0.15, 0.2) is 10.2 Å². The highest BCUT2D eigenvalue weighted by atomic mass is 35.5. The Morgan fingerprint density at radius 1 is 1.25 bits per heavy atom. The van der Waals surface area contributed by atoms with Gasteiger partial charge < -0.3 is 5.73 Å². The molecule has 9 heteroatoms. The second-order valence-corrected chi connectivity index (χ2v) is 3.61. The Morgan fingerprint density at radius 3 is 2.00 bits per heavy atom. The first-order valence-electron chi connectivity index (χ1n) is 4.56. The number of azo groups is 1. The van der Waals surface area contributed by atoms with Crippen LogP contribution in [0.5, 0.6) is 0 Å². The van der Waals surface area contributed by atoms with Crippen molar-refractivity contribution in [2.24, 2.45) is 44.8 Å². The first-order valence-corrected chi connectivity index (χ1v) is 4.56. The number of nitrogens with two attached hydrogens (primary N) is 5. The Hall–Kier alpha value is -0.800. The molecule has 0 aromatic heterocycles. The van der Waals surface area contributed by atoms with Crippen LogP contribution in [-0.4, -0.2) is 17.4 Å². The third-order valence-electron chi connectivity index (χ3n) is 2.14. The van der Waals surface area contributed by atoms with Gasteiger partial charge in [0, 0.05) is 0 Å². The van der Waals surface area contributed by atoms with Gasteiger partial charge in [-0.2, -0.15) is 10.2 Å². The molecule has 0 radical (unpaired) electrons. The third kappa shape index (κ3) is 5.33. The number of halogens is 1. The maximum Gasteiger partial charge on any atom is 0.189 e. The molecule has 0 saturated carbocycles. The first-order chi connectivity index (χ1) is 6.62. The van der Waals surface area contributed by atoms with Crippen LogP contribution in [0.1, 0.15) is 20.3 Å². The number of rotatable bonds is 5. The lowest BCUT2D eigenvalue weighted by molar-refractivity contribution is 0.324. The molecule has 16 heavy (non-hydrogen) atoms. The lowest BCUT2D eigenvalue weighted by Gasteiger charge is -2.26. The van der Waals surface area contributed by atoms with Crippen molar-refractivity contribution in [2.75, 3.05) is 0 Å². The van der Waals surface area contributed by atoms with Crippen LogP contribution in [-0.2, 0) is 0 Å². The summed E-state index contributed by atoms with van der Waals surface area (Å²) in [4.78, 5) is 0. The van der Waals surface area contributed by atoms with E-state index in [1.807, 2.05) is 0 Å². The Morgan fingerprint density at radius 2 is 1.69 bits per heavy atom. The molecule has 0 aliphatic heterocycles. The number of hydrogen-bond donors (Lipinski definition) is 6. The molecular weight excluding hydrogens is 232 g/mol. The van der Waals surface area contributed by atoms with E-state index in [0.29, 0.717) is 6.42 Å². The number of nitrogens with zero attached hydrogens (tertiary/aromatic N) is 2. The fourth-order valence-corrected chi connectivity index (χ4v) is 0.586. The topological polar surface area (TPSA) is 179 Å². The monoisotopic (exact) mass is 252 g/mol. The van der Waals surface area contributed by atoms with E-state index < -0.39 is 17.5 Å². The molecule has 96 valence electrons. The smallest absolute Gasteiger partial charge is 0.189 e. The van der Waals surface area contributed by atoms with Gasteiger partial charge in [-0.05, 0) is 6.42 Å². The zero-order chi connectivity index (χ0) is 12.3. The van der Waals surface area contributed by atoms with Gasteiger partial charge in [0.05, 0.1) is 11.8 Å². The predicted octanol–water partition coefficient (Wildman–Crippen LogP) is -1.02. The molecule has 8 nitrogen and oxygen atoms in total. The Balaban J connectivity index is 0. The molecule has 0 bridgehead atoms. The van der Waals surface area contributed by atoms with Crippen LogP contribution >= 0.6 is 12.4 Å². The van der Waals surface area contributed by atoms with Gasteiger partial charge in [0.25, 0.3) is 0 Å². The summed E-state index contributed by atoms with van der Waals surface area (Å²) in [5.41, 5.74) is 27.5. The lowest BCUT2D eigenvalue weighted by Crippen LogP contribution is -2.57. The van der Waals surface area contributed by atoms with Crippen LogP contribution in [0.3, 0.4) is 0 Å². The molecule has 0 saturated heterocycles. The zero-order valence-corrected chi connectivity index (χ0v) is 10.3. The van der Waals surface area contributed by atoms with Crippen LogP contribution in [0.25, 0.3) is 0 Å². The first kappa shape index (κ1) is 17.6. The second kappa shape index (κ2) is 6.06. The summed E-state index contributed by atoms with van der Waals surface area (Å²) in [6.45, 7) is 3.32. The molecule has 11 N–H and O–H groups in total. The highest BCUT2D eigenvalue weighted by Gasteiger charge is 2.30. The summed E-state index contributed by atoms with van der Waals surface area (Å²) in [5.74, 6) is -3.67. The maximum absolute atomic E-state index is 7.19. The van der Waals surface area contributed by atoms with E-state index in [9.17, 15) is 0 Å². The van der Waals surface area contributed by atoms with Gasteiger partial charge >= 0.3 is 0 Å². The Bertz CT molecular complexity index is 261. The van der Waals surface area contributed by atoms with Crippen molar-refractivity contribution >= 4 is 18.2 Å². The van der Waals surface area contributed by atoms with Crippen molar-refractivity contribution in [1.29, 1.82) is 5.41 Å². The van der Waals surface area contributed by atoms with Crippen molar-refractivity contribution in [3.63, 3.8) is 0 Å². The molecule has 0 spiro atoms. The van der Waals surface area contributed by atoms with Crippen LogP contribution in [0, 0.1) is 11.3 Å². The van der Waals surface area contributed by atoms with Gasteiger partial charge in [-0.25, -0.2) is 0 Å². The van der Waals surface area contributed by atoms with Crippen molar-refractivity contribution in [3.05, 3.63) is 0 Å². The van der Waals surface area contributed by atoms with Gasteiger partial charge in [0.2, 0.25) is 0 Å². The van der Waals surface area contributed by atoms with Gasteiger partial charge in [-0.1, -0.05) is 13.8 Å². The summed E-state index contributed by atoms with van der Waals surface area (Å²) in [6.07, 6.45) is 0.390. The molecule has 0 aromatic carbocycles. The minimum Gasteiger partial charge on any atom is -0.387 e. The highest BCUT2D eigenvalue weighted by Crippen LogP contribution is 2.12. The number of amidine groups is 1. The summed E-state index contributed by atoms with van der Waals surface area (Å²) in [7, 11) is 0. The van der Waals surface area contributed by atoms with E-state index >= 15 is 0 Å².